The summed E-state index contributed by atoms with van der Waals surface area (Å²) in [5.41, 5.74) is 0.203. The van der Waals surface area contributed by atoms with Gasteiger partial charge in [-0.15, -0.1) is 0 Å². The molecule has 1 aliphatic carbocycles. The van der Waals surface area contributed by atoms with Crippen molar-refractivity contribution in [2.75, 3.05) is 6.54 Å². The number of benzene rings is 1. The van der Waals surface area contributed by atoms with E-state index in [9.17, 15) is 29.1 Å². The van der Waals surface area contributed by atoms with E-state index in [-0.39, 0.29) is 25.3 Å². The van der Waals surface area contributed by atoms with Crippen molar-refractivity contribution in [2.45, 2.75) is 95.0 Å². The summed E-state index contributed by atoms with van der Waals surface area (Å²) in [5.74, 6) is -2.65. The maximum Gasteiger partial charge on any atom is 0.408 e. The molecule has 3 N–H and O–H groups in total. The smallest absolute Gasteiger partial charge is 0.408 e. The first-order chi connectivity index (χ1) is 23.9. The standard InChI is InChI=1S/C37H43N5O7S/c1-36(2,3)49-35(48)38-28-15-11-6-4-5-10-14-25-20-37(25,34(46)47)39-32(44)29-18-26(21-41(29)33(28)45)42-30(43)19-27(24-16-17-50-22-24)31(40-42)23-12-8-7-9-13-23/h7-10,12-14,16-17,19,22,25-26,28-29H,4-6,11,15,18,20-21H2,1-3H3,(H,38,48)(H,39,44)(H,46,47)/b14-10-/t25-,26+,28-,29-,37+/m0/s1. The van der Waals surface area contributed by atoms with Crippen molar-refractivity contribution < 1.29 is 29.0 Å². The Morgan fingerprint density at radius 1 is 1.08 bits per heavy atom. The molecule has 4 heterocycles. The SMILES string of the molecule is CC(C)(C)OC(=O)N[C@H]1CCCCC/C=C\[C@H]2C[C@@]2(C(=O)O)NC(=O)[C@@H]2C[C@@H](n3nc(-c4ccccc4)c(-c4ccsc4)cc3=O)CN2C1=O. The molecule has 2 aliphatic heterocycles. The fourth-order valence-electron chi connectivity index (χ4n) is 6.88. The Bertz CT molecular complexity index is 1830. The number of aromatic nitrogens is 2. The zero-order valence-electron chi connectivity index (χ0n) is 28.5. The summed E-state index contributed by atoms with van der Waals surface area (Å²) >= 11 is 1.50. The molecule has 6 rings (SSSR count). The maximum absolute atomic E-state index is 14.4. The van der Waals surface area contributed by atoms with Crippen molar-refractivity contribution in [3.8, 4) is 22.4 Å². The van der Waals surface area contributed by atoms with Crippen molar-refractivity contribution in [1.29, 1.82) is 0 Å². The summed E-state index contributed by atoms with van der Waals surface area (Å²) in [7, 11) is 0. The number of carbonyl (C=O) groups is 4. The van der Waals surface area contributed by atoms with Crippen LogP contribution in [0.5, 0.6) is 0 Å². The first-order valence-electron chi connectivity index (χ1n) is 17.1. The van der Waals surface area contributed by atoms with Gasteiger partial charge in [-0.1, -0.05) is 55.3 Å². The lowest BCUT2D eigenvalue weighted by Crippen LogP contribution is -2.56. The van der Waals surface area contributed by atoms with Crippen LogP contribution in [0.25, 0.3) is 22.4 Å². The molecular weight excluding hydrogens is 659 g/mol. The Morgan fingerprint density at radius 3 is 2.56 bits per heavy atom. The number of hydrogen-bond donors (Lipinski definition) is 3. The summed E-state index contributed by atoms with van der Waals surface area (Å²) in [6, 6.07) is 10.1. The molecule has 1 aromatic carbocycles. The second kappa shape index (κ2) is 14.2. The highest BCUT2D eigenvalue weighted by Gasteiger charge is 2.61. The zero-order valence-corrected chi connectivity index (χ0v) is 29.3. The summed E-state index contributed by atoms with van der Waals surface area (Å²) < 4.78 is 6.81. The third kappa shape index (κ3) is 7.52. The molecule has 1 saturated heterocycles. The number of ether oxygens (including phenoxy) is 1. The van der Waals surface area contributed by atoms with E-state index in [1.54, 1.807) is 20.8 Å². The van der Waals surface area contributed by atoms with E-state index in [4.69, 9.17) is 9.84 Å². The van der Waals surface area contributed by atoms with Crippen LogP contribution in [0.2, 0.25) is 0 Å². The van der Waals surface area contributed by atoms with E-state index in [1.807, 2.05) is 59.3 Å². The fourth-order valence-corrected chi connectivity index (χ4v) is 7.54. The second-order valence-electron chi connectivity index (χ2n) is 14.3. The van der Waals surface area contributed by atoms with E-state index in [0.29, 0.717) is 24.1 Å². The predicted octanol–water partition coefficient (Wildman–Crippen LogP) is 5.15. The van der Waals surface area contributed by atoms with Crippen LogP contribution >= 0.6 is 11.3 Å². The quantitative estimate of drug-likeness (QED) is 0.308. The van der Waals surface area contributed by atoms with Crippen LogP contribution in [0.1, 0.15) is 71.8 Å². The van der Waals surface area contributed by atoms with Crippen LogP contribution < -0.4 is 16.2 Å². The van der Waals surface area contributed by atoms with Gasteiger partial charge in [-0.05, 0) is 68.8 Å². The predicted molar refractivity (Wildman–Crippen MR) is 188 cm³/mol. The fraction of sp³-hybridized carbons (Fsp3) is 0.459. The van der Waals surface area contributed by atoms with Crippen LogP contribution in [-0.2, 0) is 19.1 Å². The van der Waals surface area contributed by atoms with Gasteiger partial charge >= 0.3 is 12.1 Å². The Kier molecular flexibility index (Phi) is 9.97. The molecule has 3 aliphatic rings. The topological polar surface area (TPSA) is 160 Å². The third-order valence-electron chi connectivity index (χ3n) is 9.51. The van der Waals surface area contributed by atoms with E-state index in [2.05, 4.69) is 10.6 Å². The minimum absolute atomic E-state index is 0.0197. The van der Waals surface area contributed by atoms with Crippen molar-refractivity contribution in [1.82, 2.24) is 25.3 Å². The summed E-state index contributed by atoms with van der Waals surface area (Å²) in [5, 5.41) is 24.4. The normalized spacial score (nSPS) is 26.4. The number of hydrogen-bond acceptors (Lipinski definition) is 8. The van der Waals surface area contributed by atoms with Crippen LogP contribution in [0.15, 0.2) is 70.2 Å². The molecule has 3 aromatic rings. The van der Waals surface area contributed by atoms with Crippen molar-refractivity contribution in [3.05, 3.63) is 75.7 Å². The minimum atomic E-state index is -1.48. The highest BCUT2D eigenvalue weighted by atomic mass is 32.1. The average Bonchev–Trinajstić information content (AvgIpc) is 3.39. The Morgan fingerprint density at radius 2 is 1.86 bits per heavy atom. The number of amides is 3. The number of nitrogens with one attached hydrogen (secondary N) is 2. The van der Waals surface area contributed by atoms with Crippen LogP contribution in [0, 0.1) is 5.92 Å². The third-order valence-corrected chi connectivity index (χ3v) is 10.2. The summed E-state index contributed by atoms with van der Waals surface area (Å²) in [6.07, 6.45) is 6.56. The first kappa shape index (κ1) is 35.1. The number of aliphatic carboxylic acids is 1. The molecule has 0 radical (unpaired) electrons. The lowest BCUT2D eigenvalue weighted by atomic mass is 10.0. The number of carboxylic acids is 1. The number of thiophene rings is 1. The Hall–Kier alpha value is -4.78. The molecule has 13 heteroatoms. The highest BCUT2D eigenvalue weighted by molar-refractivity contribution is 7.08. The molecule has 0 spiro atoms. The summed E-state index contributed by atoms with van der Waals surface area (Å²) in [6.45, 7) is 5.13. The number of nitrogens with zero attached hydrogens (tertiary/aromatic N) is 3. The molecule has 12 nitrogen and oxygen atoms in total. The molecule has 1 saturated carbocycles. The minimum Gasteiger partial charge on any atom is -0.479 e. The average molecular weight is 702 g/mol. The molecular formula is C37H43N5O7S. The largest absolute Gasteiger partial charge is 0.479 e. The van der Waals surface area contributed by atoms with Crippen molar-refractivity contribution in [3.63, 3.8) is 0 Å². The lowest BCUT2D eigenvalue weighted by Gasteiger charge is -2.30. The number of carboxylic acid groups (broad SMARTS) is 1. The maximum atomic E-state index is 14.4. The first-order valence-corrected chi connectivity index (χ1v) is 18.0. The van der Waals surface area contributed by atoms with Gasteiger partial charge < -0.3 is 25.4 Å². The molecule has 3 amide bonds. The van der Waals surface area contributed by atoms with Gasteiger partial charge in [0.1, 0.15) is 23.2 Å². The van der Waals surface area contributed by atoms with E-state index >= 15 is 0 Å². The lowest BCUT2D eigenvalue weighted by molar-refractivity contribution is -0.145. The number of rotatable bonds is 5. The van der Waals surface area contributed by atoms with E-state index in [0.717, 1.165) is 30.4 Å². The summed E-state index contributed by atoms with van der Waals surface area (Å²) in [4.78, 5) is 69.1. The highest BCUT2D eigenvalue weighted by Crippen LogP contribution is 2.45. The van der Waals surface area contributed by atoms with Gasteiger partial charge in [-0.3, -0.25) is 14.4 Å². The van der Waals surface area contributed by atoms with Crippen LogP contribution in [0.4, 0.5) is 4.79 Å². The van der Waals surface area contributed by atoms with Gasteiger partial charge in [0.05, 0.1) is 11.7 Å². The molecule has 2 aromatic heterocycles. The molecule has 0 unspecified atom stereocenters. The van der Waals surface area contributed by atoms with Crippen molar-refractivity contribution in [2.24, 2.45) is 5.92 Å². The number of fused-ring (bicyclic) bond motifs is 2. The zero-order chi connectivity index (χ0) is 35.6. The Labute approximate surface area is 294 Å². The number of carbonyl (C=O) groups excluding carboxylic acids is 3. The molecule has 5 atom stereocenters. The molecule has 2 fully saturated rings. The van der Waals surface area contributed by atoms with Gasteiger partial charge in [0.2, 0.25) is 11.8 Å². The Balaban J connectivity index is 1.38. The molecule has 264 valence electrons. The van der Waals surface area contributed by atoms with Crippen molar-refractivity contribution >= 4 is 35.2 Å². The van der Waals surface area contributed by atoms with Crippen LogP contribution in [0.3, 0.4) is 0 Å². The number of allylic oxidation sites excluding steroid dienone is 1. The van der Waals surface area contributed by atoms with Gasteiger partial charge in [-0.25, -0.2) is 14.3 Å². The monoisotopic (exact) mass is 701 g/mol. The number of alkyl carbamates (subject to hydrolysis) is 1. The molecule has 50 heavy (non-hydrogen) atoms. The van der Waals surface area contributed by atoms with E-state index in [1.165, 1.54) is 27.0 Å². The van der Waals surface area contributed by atoms with Crippen LogP contribution in [-0.4, -0.2) is 73.4 Å². The van der Waals surface area contributed by atoms with Gasteiger partial charge in [-0.2, -0.15) is 16.4 Å². The second-order valence-corrected chi connectivity index (χ2v) is 15.1. The molecule has 0 bridgehead atoms. The van der Waals surface area contributed by atoms with Gasteiger partial charge in [0.15, 0.2) is 0 Å². The van der Waals surface area contributed by atoms with E-state index < -0.39 is 58.7 Å². The van der Waals surface area contributed by atoms with Gasteiger partial charge in [0.25, 0.3) is 5.56 Å². The van der Waals surface area contributed by atoms with Gasteiger partial charge in [0, 0.05) is 36.1 Å².